The average molecular weight is 445 g/mol. The van der Waals surface area contributed by atoms with Gasteiger partial charge in [0.25, 0.3) is 0 Å². The first-order valence-electron chi connectivity index (χ1n) is 8.35. The van der Waals surface area contributed by atoms with Crippen molar-refractivity contribution in [1.29, 1.82) is 0 Å². The smallest absolute Gasteiger partial charge is 0.340 e. The number of esters is 1. The highest BCUT2D eigenvalue weighted by atomic mass is 35.5. The van der Waals surface area contributed by atoms with Crippen molar-refractivity contribution < 1.29 is 23.9 Å². The van der Waals surface area contributed by atoms with Gasteiger partial charge in [0.2, 0.25) is 5.78 Å². The van der Waals surface area contributed by atoms with Crippen LogP contribution in [-0.2, 0) is 4.74 Å². The van der Waals surface area contributed by atoms with Gasteiger partial charge in [-0.15, -0.1) is 11.3 Å². The maximum atomic E-state index is 12.8. The van der Waals surface area contributed by atoms with Gasteiger partial charge in [-0.2, -0.15) is 0 Å². The number of thiophene rings is 1. The lowest BCUT2D eigenvalue weighted by atomic mass is 9.83. The Morgan fingerprint density at radius 1 is 0.862 bits per heavy atom. The van der Waals surface area contributed by atoms with Gasteiger partial charge >= 0.3 is 5.97 Å². The number of ether oxygens (including phenoxy) is 1. The third-order valence-corrected chi connectivity index (χ3v) is 6.10. The second-order valence-corrected chi connectivity index (χ2v) is 8.25. The van der Waals surface area contributed by atoms with Gasteiger partial charge in [0.1, 0.15) is 0 Å². The number of Topliss-reactive ketones (excluding diaryl/α,β-unsaturated/α-hetero) is 1. The summed E-state index contributed by atoms with van der Waals surface area (Å²) in [4.78, 5) is 50.4. The number of ketones is 3. The van der Waals surface area contributed by atoms with E-state index < -0.39 is 24.1 Å². The summed E-state index contributed by atoms with van der Waals surface area (Å²) in [5, 5.41) is -0.174. The summed E-state index contributed by atoms with van der Waals surface area (Å²) >= 11 is 13.2. The maximum Gasteiger partial charge on any atom is 0.340 e. The van der Waals surface area contributed by atoms with E-state index in [9.17, 15) is 19.2 Å². The Labute approximate surface area is 178 Å². The van der Waals surface area contributed by atoms with Crippen LogP contribution in [0.4, 0.5) is 0 Å². The molecule has 0 spiro atoms. The Bertz CT molecular complexity index is 1210. The first kappa shape index (κ1) is 19.5. The third kappa shape index (κ3) is 3.40. The van der Waals surface area contributed by atoms with E-state index in [2.05, 4.69) is 0 Å². The first-order chi connectivity index (χ1) is 13.9. The Morgan fingerprint density at radius 2 is 1.55 bits per heavy atom. The standard InChI is InChI=1S/C21H10Cl2O5S/c22-16-8-7-15(29-16)14(24)9-28-21(27)13-6-5-12-17(18(13)23)20(26)11-4-2-1-3-10(11)19(12)25/h1-8H,9H2. The Morgan fingerprint density at radius 3 is 2.21 bits per heavy atom. The molecule has 3 aromatic rings. The third-order valence-electron chi connectivity index (χ3n) is 4.43. The van der Waals surface area contributed by atoms with Crippen LogP contribution in [-0.4, -0.2) is 29.9 Å². The Kier molecular flexibility index (Phi) is 5.08. The fourth-order valence-electron chi connectivity index (χ4n) is 3.05. The van der Waals surface area contributed by atoms with Crippen LogP contribution >= 0.6 is 34.5 Å². The molecule has 0 atom stereocenters. The number of halogens is 2. The highest BCUT2D eigenvalue weighted by Crippen LogP contribution is 2.34. The highest BCUT2D eigenvalue weighted by molar-refractivity contribution is 7.18. The number of hydrogen-bond acceptors (Lipinski definition) is 6. The molecule has 0 saturated heterocycles. The molecule has 5 nitrogen and oxygen atoms in total. The van der Waals surface area contributed by atoms with E-state index in [0.29, 0.717) is 9.21 Å². The van der Waals surface area contributed by atoms with E-state index >= 15 is 0 Å². The Hall–Kier alpha value is -2.80. The zero-order chi connectivity index (χ0) is 20.7. The van der Waals surface area contributed by atoms with Crippen LogP contribution in [0.1, 0.15) is 51.9 Å². The minimum atomic E-state index is -0.868. The zero-order valence-electron chi connectivity index (χ0n) is 14.5. The predicted octanol–water partition coefficient (Wildman–Crippen LogP) is 4.87. The van der Waals surface area contributed by atoms with Crippen molar-refractivity contribution in [2.45, 2.75) is 0 Å². The van der Waals surface area contributed by atoms with Crippen LogP contribution in [0.25, 0.3) is 0 Å². The van der Waals surface area contributed by atoms with Crippen molar-refractivity contribution in [3.05, 3.63) is 90.6 Å². The molecule has 0 radical (unpaired) electrons. The number of carbonyl (C=O) groups is 4. The lowest BCUT2D eigenvalue weighted by molar-refractivity contribution is 0.0476. The van der Waals surface area contributed by atoms with E-state index in [4.69, 9.17) is 27.9 Å². The van der Waals surface area contributed by atoms with E-state index in [1.165, 1.54) is 24.3 Å². The molecule has 4 rings (SSSR count). The number of carbonyl (C=O) groups excluding carboxylic acids is 4. The van der Waals surface area contributed by atoms with Crippen LogP contribution < -0.4 is 0 Å². The molecule has 0 unspecified atom stereocenters. The summed E-state index contributed by atoms with van der Waals surface area (Å²) in [6.07, 6.45) is 0. The van der Waals surface area contributed by atoms with Gasteiger partial charge in [-0.3, -0.25) is 14.4 Å². The van der Waals surface area contributed by atoms with Gasteiger partial charge in [0.15, 0.2) is 18.2 Å². The molecular formula is C21H10Cl2O5S. The normalized spacial score (nSPS) is 12.3. The van der Waals surface area contributed by atoms with Crippen molar-refractivity contribution in [3.63, 3.8) is 0 Å². The molecule has 0 N–H and O–H groups in total. The van der Waals surface area contributed by atoms with Crippen LogP contribution in [0.15, 0.2) is 48.5 Å². The molecule has 8 heteroatoms. The second kappa shape index (κ2) is 7.55. The van der Waals surface area contributed by atoms with Gasteiger partial charge in [0, 0.05) is 16.7 Å². The van der Waals surface area contributed by atoms with Crippen molar-refractivity contribution in [3.8, 4) is 0 Å². The minimum absolute atomic E-state index is 0.0406. The van der Waals surface area contributed by atoms with E-state index in [-0.39, 0.29) is 38.6 Å². The summed E-state index contributed by atoms with van der Waals surface area (Å²) in [6, 6.07) is 12.2. The summed E-state index contributed by atoms with van der Waals surface area (Å²) < 4.78 is 5.50. The van der Waals surface area contributed by atoms with Crippen LogP contribution in [0.3, 0.4) is 0 Å². The Balaban J connectivity index is 1.61. The molecule has 1 aliphatic carbocycles. The number of rotatable bonds is 4. The maximum absolute atomic E-state index is 12.8. The van der Waals surface area contributed by atoms with Gasteiger partial charge < -0.3 is 4.74 Å². The number of hydrogen-bond donors (Lipinski definition) is 0. The van der Waals surface area contributed by atoms with E-state index in [1.807, 2.05) is 0 Å². The SMILES string of the molecule is O=C(COC(=O)c1ccc2c(c1Cl)C(=O)c1ccccc1C2=O)c1ccc(Cl)s1. The molecule has 1 heterocycles. The molecule has 1 aliphatic rings. The largest absolute Gasteiger partial charge is 0.454 e. The van der Waals surface area contributed by atoms with Gasteiger partial charge in [-0.05, 0) is 24.3 Å². The quantitative estimate of drug-likeness (QED) is 0.331. The van der Waals surface area contributed by atoms with Crippen LogP contribution in [0.5, 0.6) is 0 Å². The number of fused-ring (bicyclic) bond motifs is 2. The monoisotopic (exact) mass is 444 g/mol. The summed E-state index contributed by atoms with van der Waals surface area (Å²) in [5.41, 5.74) is 0.502. The first-order valence-corrected chi connectivity index (χ1v) is 9.92. The van der Waals surface area contributed by atoms with Gasteiger partial charge in [-0.1, -0.05) is 47.5 Å². The van der Waals surface area contributed by atoms with Crippen LogP contribution in [0, 0.1) is 0 Å². The summed E-state index contributed by atoms with van der Waals surface area (Å²) in [5.74, 6) is -2.07. The molecule has 1 aromatic heterocycles. The molecule has 29 heavy (non-hydrogen) atoms. The average Bonchev–Trinajstić information content (AvgIpc) is 3.16. The fraction of sp³-hybridized carbons (Fsp3) is 0.0476. The molecule has 0 bridgehead atoms. The van der Waals surface area contributed by atoms with Crippen LogP contribution in [0.2, 0.25) is 9.36 Å². The van der Waals surface area contributed by atoms with E-state index in [0.717, 1.165) is 11.3 Å². The topological polar surface area (TPSA) is 77.5 Å². The zero-order valence-corrected chi connectivity index (χ0v) is 16.9. The molecule has 0 aliphatic heterocycles. The molecule has 144 valence electrons. The molecular weight excluding hydrogens is 435 g/mol. The van der Waals surface area contributed by atoms with Gasteiger partial charge in [0.05, 0.1) is 25.4 Å². The molecule has 0 amide bonds. The van der Waals surface area contributed by atoms with Crippen molar-refractivity contribution in [2.24, 2.45) is 0 Å². The summed E-state index contributed by atoms with van der Waals surface area (Å²) in [6.45, 7) is -0.501. The fourth-order valence-corrected chi connectivity index (χ4v) is 4.34. The number of benzene rings is 2. The lowest BCUT2D eigenvalue weighted by Crippen LogP contribution is -2.23. The molecule has 0 saturated carbocycles. The lowest BCUT2D eigenvalue weighted by Gasteiger charge is -2.19. The van der Waals surface area contributed by atoms with E-state index in [1.54, 1.807) is 24.3 Å². The minimum Gasteiger partial charge on any atom is -0.454 e. The highest BCUT2D eigenvalue weighted by Gasteiger charge is 2.33. The van der Waals surface area contributed by atoms with Crippen molar-refractivity contribution >= 4 is 57.9 Å². The molecule has 0 fully saturated rings. The molecule has 2 aromatic carbocycles. The predicted molar refractivity (Wildman–Crippen MR) is 109 cm³/mol. The van der Waals surface area contributed by atoms with Crippen molar-refractivity contribution in [2.75, 3.05) is 6.61 Å². The van der Waals surface area contributed by atoms with Crippen molar-refractivity contribution in [1.82, 2.24) is 0 Å². The second-order valence-electron chi connectivity index (χ2n) is 6.16. The van der Waals surface area contributed by atoms with Gasteiger partial charge in [-0.25, -0.2) is 4.79 Å². The summed E-state index contributed by atoms with van der Waals surface area (Å²) in [7, 11) is 0.